The third-order valence-corrected chi connectivity index (χ3v) is 2.73. The predicted molar refractivity (Wildman–Crippen MR) is 59.6 cm³/mol. The summed E-state index contributed by atoms with van der Waals surface area (Å²) in [5.74, 6) is -0.638. The molecule has 1 aromatic carbocycles. The highest BCUT2D eigenvalue weighted by molar-refractivity contribution is 5.37. The Labute approximate surface area is 97.7 Å². The van der Waals surface area contributed by atoms with Crippen molar-refractivity contribution in [3.05, 3.63) is 34.1 Å². The average molecular weight is 240 g/mol. The van der Waals surface area contributed by atoms with E-state index >= 15 is 0 Å². The monoisotopic (exact) mass is 240 g/mol. The van der Waals surface area contributed by atoms with Crippen LogP contribution in [0.1, 0.15) is 12.8 Å². The van der Waals surface area contributed by atoms with Gasteiger partial charge in [-0.2, -0.15) is 0 Å². The molecule has 2 rings (SSSR count). The van der Waals surface area contributed by atoms with Gasteiger partial charge in [-0.15, -0.1) is 0 Å². The van der Waals surface area contributed by atoms with Gasteiger partial charge in [-0.25, -0.2) is 4.39 Å². The van der Waals surface area contributed by atoms with Crippen molar-refractivity contribution >= 4 is 5.69 Å². The van der Waals surface area contributed by atoms with Crippen molar-refractivity contribution in [1.82, 2.24) is 5.32 Å². The molecule has 6 heteroatoms. The second-order valence-electron chi connectivity index (χ2n) is 3.98. The number of nitro groups is 1. The van der Waals surface area contributed by atoms with Gasteiger partial charge in [0.15, 0.2) is 11.6 Å². The van der Waals surface area contributed by atoms with Crippen molar-refractivity contribution in [1.29, 1.82) is 0 Å². The van der Waals surface area contributed by atoms with Crippen molar-refractivity contribution in [2.45, 2.75) is 18.9 Å². The van der Waals surface area contributed by atoms with Crippen LogP contribution in [0.15, 0.2) is 18.2 Å². The van der Waals surface area contributed by atoms with Gasteiger partial charge < -0.3 is 10.1 Å². The molecule has 1 aliphatic rings. The zero-order valence-corrected chi connectivity index (χ0v) is 9.19. The van der Waals surface area contributed by atoms with Crippen LogP contribution in [-0.4, -0.2) is 24.1 Å². The topological polar surface area (TPSA) is 64.4 Å². The minimum Gasteiger partial charge on any atom is -0.489 e. The van der Waals surface area contributed by atoms with Crippen LogP contribution in [0.25, 0.3) is 0 Å². The van der Waals surface area contributed by atoms with Gasteiger partial charge >= 0.3 is 0 Å². The Kier molecular flexibility index (Phi) is 3.53. The normalized spacial score (nSPS) is 19.2. The van der Waals surface area contributed by atoms with E-state index < -0.39 is 10.7 Å². The number of hydrogen-bond donors (Lipinski definition) is 1. The third-order valence-electron chi connectivity index (χ3n) is 2.73. The maximum Gasteiger partial charge on any atom is 0.272 e. The van der Waals surface area contributed by atoms with E-state index in [1.807, 2.05) is 0 Å². The van der Waals surface area contributed by atoms with E-state index in [1.54, 1.807) is 0 Å². The Hall–Kier alpha value is -1.69. The summed E-state index contributed by atoms with van der Waals surface area (Å²) >= 11 is 0. The first-order valence-corrected chi connectivity index (χ1v) is 5.47. The molecular formula is C11H13FN2O3. The number of nitro benzene ring substituents is 1. The van der Waals surface area contributed by atoms with Crippen molar-refractivity contribution in [2.24, 2.45) is 0 Å². The van der Waals surface area contributed by atoms with Gasteiger partial charge in [0.2, 0.25) is 0 Å². The number of rotatable bonds is 4. The van der Waals surface area contributed by atoms with E-state index in [1.165, 1.54) is 12.1 Å². The Morgan fingerprint density at radius 3 is 3.00 bits per heavy atom. The van der Waals surface area contributed by atoms with Gasteiger partial charge in [0.25, 0.3) is 5.69 Å². The van der Waals surface area contributed by atoms with Crippen molar-refractivity contribution in [2.75, 3.05) is 13.2 Å². The number of halogens is 1. The quantitative estimate of drug-likeness (QED) is 0.644. The van der Waals surface area contributed by atoms with Crippen molar-refractivity contribution in [3.8, 4) is 5.75 Å². The van der Waals surface area contributed by atoms with Crippen LogP contribution in [0.4, 0.5) is 10.1 Å². The first-order chi connectivity index (χ1) is 8.16. The fourth-order valence-corrected chi connectivity index (χ4v) is 1.81. The van der Waals surface area contributed by atoms with Crippen LogP contribution < -0.4 is 10.1 Å². The number of ether oxygens (including phenoxy) is 1. The molecule has 0 bridgehead atoms. The van der Waals surface area contributed by atoms with E-state index in [9.17, 15) is 14.5 Å². The molecule has 0 spiro atoms. The number of nitrogens with one attached hydrogen (secondary N) is 1. The summed E-state index contributed by atoms with van der Waals surface area (Å²) in [4.78, 5) is 9.79. The molecular weight excluding hydrogens is 227 g/mol. The molecule has 0 radical (unpaired) electrons. The summed E-state index contributed by atoms with van der Waals surface area (Å²) in [6.07, 6.45) is 2.10. The Bertz CT molecular complexity index is 419. The van der Waals surface area contributed by atoms with Crippen LogP contribution in [0.2, 0.25) is 0 Å². The van der Waals surface area contributed by atoms with E-state index in [4.69, 9.17) is 4.74 Å². The van der Waals surface area contributed by atoms with Gasteiger partial charge in [-0.05, 0) is 25.5 Å². The molecule has 92 valence electrons. The lowest BCUT2D eigenvalue weighted by molar-refractivity contribution is -0.385. The predicted octanol–water partition coefficient (Wildman–Crippen LogP) is 1.86. The molecule has 1 saturated heterocycles. The standard InChI is InChI=1S/C11H13FN2O3/c12-10-6-9(14(15)16)3-4-11(10)17-7-8-2-1-5-13-8/h3-4,6,8,13H,1-2,5,7H2. The summed E-state index contributed by atoms with van der Waals surface area (Å²) in [5, 5.41) is 13.6. The molecule has 1 N–H and O–H groups in total. The van der Waals surface area contributed by atoms with Crippen LogP contribution in [0.3, 0.4) is 0 Å². The number of nitrogens with zero attached hydrogens (tertiary/aromatic N) is 1. The lowest BCUT2D eigenvalue weighted by atomic mass is 10.2. The molecule has 0 aromatic heterocycles. The van der Waals surface area contributed by atoms with Crippen LogP contribution in [0, 0.1) is 15.9 Å². The molecule has 1 aliphatic heterocycles. The first-order valence-electron chi connectivity index (χ1n) is 5.47. The van der Waals surface area contributed by atoms with Crippen molar-refractivity contribution in [3.63, 3.8) is 0 Å². The highest BCUT2D eigenvalue weighted by Crippen LogP contribution is 2.22. The summed E-state index contributed by atoms with van der Waals surface area (Å²) < 4.78 is 18.7. The molecule has 1 fully saturated rings. The zero-order valence-electron chi connectivity index (χ0n) is 9.19. The Morgan fingerprint density at radius 2 is 2.41 bits per heavy atom. The summed E-state index contributed by atoms with van der Waals surface area (Å²) in [6.45, 7) is 1.34. The molecule has 5 nitrogen and oxygen atoms in total. The van der Waals surface area contributed by atoms with Gasteiger partial charge in [0.1, 0.15) is 6.61 Å². The number of hydrogen-bond acceptors (Lipinski definition) is 4. The van der Waals surface area contributed by atoms with Gasteiger partial charge in [-0.1, -0.05) is 0 Å². The molecule has 1 aromatic rings. The largest absolute Gasteiger partial charge is 0.489 e. The highest BCUT2D eigenvalue weighted by Gasteiger charge is 2.16. The fraction of sp³-hybridized carbons (Fsp3) is 0.455. The second-order valence-corrected chi connectivity index (χ2v) is 3.98. The number of non-ortho nitro benzene ring substituents is 1. The molecule has 17 heavy (non-hydrogen) atoms. The maximum absolute atomic E-state index is 13.4. The molecule has 1 heterocycles. The summed E-state index contributed by atoms with van der Waals surface area (Å²) in [6, 6.07) is 3.64. The summed E-state index contributed by atoms with van der Waals surface area (Å²) in [5.41, 5.74) is -0.270. The minimum absolute atomic E-state index is 0.0595. The van der Waals surface area contributed by atoms with Gasteiger partial charge in [0.05, 0.1) is 11.0 Å². The molecule has 0 saturated carbocycles. The average Bonchev–Trinajstić information content (AvgIpc) is 2.80. The highest BCUT2D eigenvalue weighted by atomic mass is 19.1. The third kappa shape index (κ3) is 2.91. The van der Waals surface area contributed by atoms with Crippen molar-refractivity contribution < 1.29 is 14.1 Å². The summed E-state index contributed by atoms with van der Waals surface area (Å²) in [7, 11) is 0. The molecule has 1 unspecified atom stereocenters. The fourth-order valence-electron chi connectivity index (χ4n) is 1.81. The first kappa shape index (κ1) is 11.8. The molecule has 0 amide bonds. The van der Waals surface area contributed by atoms with E-state index in [0.29, 0.717) is 6.61 Å². The second kappa shape index (κ2) is 5.09. The van der Waals surface area contributed by atoms with E-state index in [2.05, 4.69) is 5.32 Å². The number of benzene rings is 1. The van der Waals surface area contributed by atoms with Gasteiger partial charge in [0, 0.05) is 12.1 Å². The molecule has 1 atom stereocenters. The lowest BCUT2D eigenvalue weighted by Gasteiger charge is -2.12. The zero-order chi connectivity index (χ0) is 12.3. The Balaban J connectivity index is 1.98. The van der Waals surface area contributed by atoms with Crippen LogP contribution in [-0.2, 0) is 0 Å². The maximum atomic E-state index is 13.4. The van der Waals surface area contributed by atoms with Crippen LogP contribution >= 0.6 is 0 Å². The van der Waals surface area contributed by atoms with E-state index in [0.717, 1.165) is 25.5 Å². The minimum atomic E-state index is -0.697. The Morgan fingerprint density at radius 1 is 1.59 bits per heavy atom. The lowest BCUT2D eigenvalue weighted by Crippen LogP contribution is -2.28. The van der Waals surface area contributed by atoms with E-state index in [-0.39, 0.29) is 17.5 Å². The van der Waals surface area contributed by atoms with Gasteiger partial charge in [-0.3, -0.25) is 10.1 Å². The smallest absolute Gasteiger partial charge is 0.272 e. The van der Waals surface area contributed by atoms with Crippen LogP contribution in [0.5, 0.6) is 5.75 Å². The molecule has 0 aliphatic carbocycles. The SMILES string of the molecule is O=[N+]([O-])c1ccc(OCC2CCCN2)c(F)c1.